The van der Waals surface area contributed by atoms with Crippen LogP contribution in [0.2, 0.25) is 0 Å². The van der Waals surface area contributed by atoms with Crippen molar-refractivity contribution in [2.75, 3.05) is 13.2 Å². The van der Waals surface area contributed by atoms with Crippen LogP contribution in [0.5, 0.6) is 11.5 Å². The molecule has 0 unspecified atom stereocenters. The number of benzene rings is 1. The topological polar surface area (TPSA) is 60.0 Å². The van der Waals surface area contributed by atoms with Crippen LogP contribution in [-0.4, -0.2) is 28.4 Å². The summed E-state index contributed by atoms with van der Waals surface area (Å²) in [6.07, 6.45) is 5.03. The normalized spacial score (nSPS) is 18.4. The minimum atomic E-state index is 0.550. The summed E-state index contributed by atoms with van der Waals surface area (Å²) in [4.78, 5) is 4.65. The van der Waals surface area contributed by atoms with E-state index in [1.165, 1.54) is 25.7 Å². The molecule has 2 aliphatic rings. The van der Waals surface area contributed by atoms with Gasteiger partial charge in [-0.15, -0.1) is 0 Å². The van der Waals surface area contributed by atoms with Gasteiger partial charge in [0.05, 0.1) is 0 Å². The minimum Gasteiger partial charge on any atom is -0.486 e. The van der Waals surface area contributed by atoms with Gasteiger partial charge in [0.1, 0.15) is 19.0 Å². The maximum absolute atomic E-state index is 5.60. The number of hydrogen-bond acceptors (Lipinski definition) is 4. The monoisotopic (exact) mass is 271 g/mol. The van der Waals surface area contributed by atoms with Crippen molar-refractivity contribution in [1.29, 1.82) is 0 Å². The van der Waals surface area contributed by atoms with Crippen molar-refractivity contribution in [1.82, 2.24) is 15.2 Å². The predicted molar refractivity (Wildman–Crippen MR) is 74.0 cm³/mol. The Kier molecular flexibility index (Phi) is 2.83. The van der Waals surface area contributed by atoms with Gasteiger partial charge in [0, 0.05) is 11.5 Å². The van der Waals surface area contributed by atoms with Crippen molar-refractivity contribution < 1.29 is 9.47 Å². The van der Waals surface area contributed by atoms with E-state index in [1.54, 1.807) is 0 Å². The molecule has 2 heterocycles. The Morgan fingerprint density at radius 1 is 1.05 bits per heavy atom. The molecule has 0 amide bonds. The first kappa shape index (κ1) is 11.8. The highest BCUT2D eigenvalue weighted by molar-refractivity contribution is 5.61. The van der Waals surface area contributed by atoms with E-state index in [4.69, 9.17) is 9.47 Å². The Bertz CT molecular complexity index is 617. The van der Waals surface area contributed by atoms with Gasteiger partial charge in [0.15, 0.2) is 17.3 Å². The summed E-state index contributed by atoms with van der Waals surface area (Å²) >= 11 is 0. The number of hydrogen-bond donors (Lipinski definition) is 1. The number of rotatable bonds is 2. The number of nitrogens with zero attached hydrogens (tertiary/aromatic N) is 2. The van der Waals surface area contributed by atoms with E-state index in [9.17, 15) is 0 Å². The van der Waals surface area contributed by atoms with Crippen molar-refractivity contribution in [2.45, 2.75) is 31.6 Å². The van der Waals surface area contributed by atoms with Gasteiger partial charge in [-0.25, -0.2) is 4.98 Å². The largest absolute Gasteiger partial charge is 0.486 e. The molecule has 1 aromatic carbocycles. The van der Waals surface area contributed by atoms with Crippen LogP contribution in [0.25, 0.3) is 11.4 Å². The average molecular weight is 271 g/mol. The van der Waals surface area contributed by atoms with Gasteiger partial charge < -0.3 is 9.47 Å². The van der Waals surface area contributed by atoms with Crippen LogP contribution in [0.4, 0.5) is 0 Å². The zero-order chi connectivity index (χ0) is 13.4. The maximum atomic E-state index is 5.60. The van der Waals surface area contributed by atoms with Crippen molar-refractivity contribution >= 4 is 0 Å². The Morgan fingerprint density at radius 2 is 1.85 bits per heavy atom. The fraction of sp³-hybridized carbons (Fsp3) is 0.467. The lowest BCUT2D eigenvalue weighted by molar-refractivity contribution is 0.171. The highest BCUT2D eigenvalue weighted by Crippen LogP contribution is 2.35. The molecule has 0 saturated heterocycles. The molecular weight excluding hydrogens is 254 g/mol. The van der Waals surface area contributed by atoms with E-state index in [0.717, 1.165) is 28.7 Å². The van der Waals surface area contributed by atoms with Gasteiger partial charge in [0.2, 0.25) is 0 Å². The van der Waals surface area contributed by atoms with Crippen molar-refractivity contribution in [3.05, 3.63) is 24.0 Å². The standard InChI is InChI=1S/C15H17N3O2/c1-2-4-10(3-1)14-16-15(18-17-14)11-5-6-12-13(9-11)20-8-7-19-12/h5-6,9-10H,1-4,7-8H2,(H,16,17,18). The van der Waals surface area contributed by atoms with E-state index in [1.807, 2.05) is 18.2 Å². The molecule has 1 aliphatic carbocycles. The molecule has 0 bridgehead atoms. The van der Waals surface area contributed by atoms with E-state index >= 15 is 0 Å². The highest BCUT2D eigenvalue weighted by Gasteiger charge is 2.21. The minimum absolute atomic E-state index is 0.550. The van der Waals surface area contributed by atoms with Crippen LogP contribution in [0.1, 0.15) is 37.4 Å². The molecule has 104 valence electrons. The molecule has 20 heavy (non-hydrogen) atoms. The molecule has 1 fully saturated rings. The van der Waals surface area contributed by atoms with Gasteiger partial charge >= 0.3 is 0 Å². The van der Waals surface area contributed by atoms with Crippen LogP contribution >= 0.6 is 0 Å². The van der Waals surface area contributed by atoms with Gasteiger partial charge in [0.25, 0.3) is 0 Å². The molecule has 1 aromatic heterocycles. The lowest BCUT2D eigenvalue weighted by Crippen LogP contribution is -2.15. The van der Waals surface area contributed by atoms with Gasteiger partial charge in [-0.05, 0) is 31.0 Å². The smallest absolute Gasteiger partial charge is 0.181 e. The SMILES string of the molecule is c1cc2c(cc1-c1n[nH]c(C3CCCC3)n1)OCCO2. The fourth-order valence-electron chi connectivity index (χ4n) is 2.97. The number of aromatic amines is 1. The van der Waals surface area contributed by atoms with Crippen LogP contribution in [-0.2, 0) is 0 Å². The predicted octanol–water partition coefficient (Wildman–Crippen LogP) is 2.90. The van der Waals surface area contributed by atoms with Crippen molar-refractivity contribution in [3.63, 3.8) is 0 Å². The second-order valence-electron chi connectivity index (χ2n) is 5.38. The highest BCUT2D eigenvalue weighted by atomic mass is 16.6. The van der Waals surface area contributed by atoms with E-state index in [2.05, 4.69) is 15.2 Å². The van der Waals surface area contributed by atoms with E-state index in [-0.39, 0.29) is 0 Å². The van der Waals surface area contributed by atoms with Crippen molar-refractivity contribution in [3.8, 4) is 22.9 Å². The summed E-state index contributed by atoms with van der Waals surface area (Å²) < 4.78 is 11.1. The first-order valence-corrected chi connectivity index (χ1v) is 7.22. The Balaban J connectivity index is 1.63. The molecule has 0 spiro atoms. The number of H-pyrrole nitrogens is 1. The molecular formula is C15H17N3O2. The number of ether oxygens (including phenoxy) is 2. The average Bonchev–Trinajstić information content (AvgIpc) is 3.17. The van der Waals surface area contributed by atoms with Gasteiger partial charge in [-0.1, -0.05) is 12.8 Å². The van der Waals surface area contributed by atoms with E-state index in [0.29, 0.717) is 19.1 Å². The zero-order valence-corrected chi connectivity index (χ0v) is 11.3. The van der Waals surface area contributed by atoms with Gasteiger partial charge in [-0.3, -0.25) is 5.10 Å². The molecule has 5 nitrogen and oxygen atoms in total. The Hall–Kier alpha value is -2.04. The van der Waals surface area contributed by atoms with E-state index < -0.39 is 0 Å². The lowest BCUT2D eigenvalue weighted by Gasteiger charge is -2.18. The maximum Gasteiger partial charge on any atom is 0.181 e. The Morgan fingerprint density at radius 3 is 2.70 bits per heavy atom. The second kappa shape index (κ2) is 4.81. The number of aromatic nitrogens is 3. The van der Waals surface area contributed by atoms with Gasteiger partial charge in [-0.2, -0.15) is 5.10 Å². The quantitative estimate of drug-likeness (QED) is 0.912. The third kappa shape index (κ3) is 2.03. The molecule has 2 aromatic rings. The van der Waals surface area contributed by atoms with Crippen LogP contribution < -0.4 is 9.47 Å². The summed E-state index contributed by atoms with van der Waals surface area (Å²) in [6.45, 7) is 1.20. The van der Waals surface area contributed by atoms with Crippen molar-refractivity contribution in [2.24, 2.45) is 0 Å². The second-order valence-corrected chi connectivity index (χ2v) is 5.38. The summed E-state index contributed by atoms with van der Waals surface area (Å²) in [5, 5.41) is 7.44. The molecule has 1 N–H and O–H groups in total. The molecule has 1 saturated carbocycles. The molecule has 1 aliphatic heterocycles. The first-order valence-electron chi connectivity index (χ1n) is 7.22. The summed E-state index contributed by atoms with van der Waals surface area (Å²) in [6, 6.07) is 5.86. The third-order valence-corrected chi connectivity index (χ3v) is 4.04. The van der Waals surface area contributed by atoms with Crippen LogP contribution in [0, 0.1) is 0 Å². The van der Waals surface area contributed by atoms with Crippen LogP contribution in [0.3, 0.4) is 0 Å². The summed E-state index contributed by atoms with van der Waals surface area (Å²) in [5.41, 5.74) is 0.967. The van der Waals surface area contributed by atoms with Crippen LogP contribution in [0.15, 0.2) is 18.2 Å². The zero-order valence-electron chi connectivity index (χ0n) is 11.3. The lowest BCUT2D eigenvalue weighted by atomic mass is 10.1. The molecule has 5 heteroatoms. The summed E-state index contributed by atoms with van der Waals surface area (Å²) in [5.74, 6) is 3.89. The first-order chi connectivity index (χ1) is 9.90. The summed E-state index contributed by atoms with van der Waals surface area (Å²) in [7, 11) is 0. The Labute approximate surface area is 117 Å². The molecule has 0 atom stereocenters. The number of fused-ring (bicyclic) bond motifs is 1. The number of nitrogens with one attached hydrogen (secondary N) is 1. The molecule has 0 radical (unpaired) electrons. The third-order valence-electron chi connectivity index (χ3n) is 4.04. The fourth-order valence-corrected chi connectivity index (χ4v) is 2.97. The molecule has 4 rings (SSSR count).